The molecule has 0 saturated heterocycles. The van der Waals surface area contributed by atoms with Gasteiger partial charge in [-0.25, -0.2) is 4.99 Å². The predicted molar refractivity (Wildman–Crippen MR) is 145 cm³/mol. The van der Waals surface area contributed by atoms with Crippen molar-refractivity contribution in [2.45, 2.75) is 45.6 Å². The van der Waals surface area contributed by atoms with Crippen LogP contribution < -0.4 is 23.7 Å². The highest BCUT2D eigenvalue weighted by molar-refractivity contribution is 6.83. The number of nitrogens with zero attached hydrogens (tertiary/aromatic N) is 1. The maximum absolute atomic E-state index is 11.3. The number of aliphatic hydroxyl groups excluding tert-OH is 1. The number of rotatable bonds is 7. The molecule has 37 heavy (non-hydrogen) atoms. The molecule has 0 bridgehead atoms. The van der Waals surface area contributed by atoms with Crippen molar-refractivity contribution in [1.29, 1.82) is 0 Å². The van der Waals surface area contributed by atoms with Crippen molar-refractivity contribution in [1.82, 2.24) is 0 Å². The molecule has 4 rings (SSSR count). The molecule has 0 fully saturated rings. The van der Waals surface area contributed by atoms with E-state index in [1.807, 2.05) is 12.1 Å². The van der Waals surface area contributed by atoms with Crippen LogP contribution in [0.4, 0.5) is 0 Å². The highest BCUT2D eigenvalue weighted by Gasteiger charge is 2.32. The summed E-state index contributed by atoms with van der Waals surface area (Å²) in [6, 6.07) is 5.45. The van der Waals surface area contributed by atoms with Gasteiger partial charge in [-0.2, -0.15) is 0 Å². The predicted octanol–water partition coefficient (Wildman–Crippen LogP) is 4.82. The Morgan fingerprint density at radius 2 is 1.62 bits per heavy atom. The molecular formula is C28H35NO7Si. The lowest BCUT2D eigenvalue weighted by Gasteiger charge is -2.22. The Morgan fingerprint density at radius 1 is 0.946 bits per heavy atom. The van der Waals surface area contributed by atoms with Gasteiger partial charge in [0.25, 0.3) is 0 Å². The smallest absolute Gasteiger partial charge is 0.231 e. The Bertz CT molecular complexity index is 1270. The average Bonchev–Trinajstić information content (AvgIpc) is 3.54. The molecule has 198 valence electrons. The first-order chi connectivity index (χ1) is 17.6. The summed E-state index contributed by atoms with van der Waals surface area (Å²) >= 11 is 0. The van der Waals surface area contributed by atoms with E-state index >= 15 is 0 Å². The Labute approximate surface area is 219 Å². The van der Waals surface area contributed by atoms with Crippen LogP contribution in [0.3, 0.4) is 0 Å². The van der Waals surface area contributed by atoms with E-state index in [0.29, 0.717) is 69.4 Å². The fourth-order valence-corrected chi connectivity index (χ4v) is 4.80. The lowest BCUT2D eigenvalue weighted by atomic mass is 9.90. The molecule has 0 unspecified atom stereocenters. The van der Waals surface area contributed by atoms with E-state index in [0.717, 1.165) is 0 Å². The monoisotopic (exact) mass is 525 g/mol. The Balaban J connectivity index is 2.04. The maximum atomic E-state index is 11.3. The molecular weight excluding hydrogens is 490 g/mol. The first-order valence-corrected chi connectivity index (χ1v) is 15.8. The molecule has 0 saturated carbocycles. The zero-order valence-electron chi connectivity index (χ0n) is 22.7. The van der Waals surface area contributed by atoms with Gasteiger partial charge < -0.3 is 33.5 Å². The minimum atomic E-state index is -1.74. The first kappa shape index (κ1) is 26.7. The molecule has 2 heterocycles. The molecule has 0 radical (unpaired) electrons. The SMILES string of the molecule is COc1cc(C2=N[C@@H](C(C)C)CO2)c(-c2cc3c(cc2[C@@H](O)C#C[Si](C)(C)C)OCO3)c(OC)c1OC. The van der Waals surface area contributed by atoms with Crippen LogP contribution in [0.25, 0.3) is 11.1 Å². The quantitative estimate of drug-likeness (QED) is 0.409. The van der Waals surface area contributed by atoms with Gasteiger partial charge in [0.1, 0.15) is 20.8 Å². The van der Waals surface area contributed by atoms with Crippen LogP contribution in [0.15, 0.2) is 23.2 Å². The van der Waals surface area contributed by atoms with Crippen LogP contribution >= 0.6 is 0 Å². The van der Waals surface area contributed by atoms with Crippen molar-refractivity contribution < 1.29 is 33.5 Å². The van der Waals surface area contributed by atoms with Gasteiger partial charge in [-0.15, -0.1) is 5.54 Å². The molecule has 2 atom stereocenters. The number of methoxy groups -OCH3 is 3. The van der Waals surface area contributed by atoms with Crippen molar-refractivity contribution >= 4 is 14.0 Å². The summed E-state index contributed by atoms with van der Waals surface area (Å²) in [6.07, 6.45) is -1.07. The lowest BCUT2D eigenvalue weighted by Crippen LogP contribution is -2.17. The standard InChI is InChI=1S/C28H35NO7Si/c1-16(2)20-14-34-28(29-20)19-13-24(31-3)26(32-4)27(33-5)25(19)18-12-23-22(35-15-36-23)11-17(18)21(30)9-10-37(6,7)8/h11-13,16,20-21,30H,14-15H2,1-8H3/t20-,21+/m1/s1. The number of aliphatic imine (C=N–C) groups is 1. The largest absolute Gasteiger partial charge is 0.493 e. The minimum absolute atomic E-state index is 0.0198. The molecule has 0 spiro atoms. The van der Waals surface area contributed by atoms with Crippen LogP contribution in [-0.2, 0) is 4.74 Å². The van der Waals surface area contributed by atoms with Gasteiger partial charge in [0.15, 0.2) is 23.0 Å². The Kier molecular flexibility index (Phi) is 7.62. The van der Waals surface area contributed by atoms with Crippen molar-refractivity contribution in [3.05, 3.63) is 29.3 Å². The molecule has 0 aromatic heterocycles. The summed E-state index contributed by atoms with van der Waals surface area (Å²) in [7, 11) is 2.94. The Morgan fingerprint density at radius 3 is 2.19 bits per heavy atom. The summed E-state index contributed by atoms with van der Waals surface area (Å²) in [5.74, 6) is 6.23. The molecule has 0 amide bonds. The van der Waals surface area contributed by atoms with Crippen LogP contribution in [0.2, 0.25) is 19.6 Å². The summed E-state index contributed by atoms with van der Waals surface area (Å²) < 4.78 is 34.7. The zero-order chi connectivity index (χ0) is 26.9. The molecule has 2 aromatic rings. The number of benzene rings is 2. The minimum Gasteiger partial charge on any atom is -0.493 e. The molecule has 2 aromatic carbocycles. The fraction of sp³-hybridized carbons (Fsp3) is 0.464. The maximum Gasteiger partial charge on any atom is 0.231 e. The summed E-state index contributed by atoms with van der Waals surface area (Å²) in [4.78, 5) is 4.87. The van der Waals surface area contributed by atoms with Crippen LogP contribution in [0, 0.1) is 17.4 Å². The van der Waals surface area contributed by atoms with Gasteiger partial charge in [0, 0.05) is 11.1 Å². The summed E-state index contributed by atoms with van der Waals surface area (Å²) in [6.45, 7) is 11.2. The molecule has 0 aliphatic carbocycles. The van der Waals surface area contributed by atoms with Crippen molar-refractivity contribution in [3.63, 3.8) is 0 Å². The van der Waals surface area contributed by atoms with Crippen LogP contribution in [0.5, 0.6) is 28.7 Å². The lowest BCUT2D eigenvalue weighted by molar-refractivity contribution is 0.173. The Hall–Kier alpha value is -3.35. The van der Waals surface area contributed by atoms with Crippen LogP contribution in [-0.4, -0.2) is 59.8 Å². The third-order valence-corrected chi connectivity index (χ3v) is 7.09. The third-order valence-electron chi connectivity index (χ3n) is 6.20. The molecule has 2 aliphatic heterocycles. The topological polar surface area (TPSA) is 88.0 Å². The number of hydrogen-bond donors (Lipinski definition) is 1. The van der Waals surface area contributed by atoms with E-state index in [9.17, 15) is 5.11 Å². The van der Waals surface area contributed by atoms with E-state index < -0.39 is 14.2 Å². The average molecular weight is 526 g/mol. The first-order valence-electron chi connectivity index (χ1n) is 12.3. The fourth-order valence-electron chi connectivity index (χ4n) is 4.23. The highest BCUT2D eigenvalue weighted by Crippen LogP contribution is 2.51. The summed E-state index contributed by atoms with van der Waals surface area (Å²) in [5, 5.41) is 11.3. The molecule has 9 heteroatoms. The molecule has 8 nitrogen and oxygen atoms in total. The highest BCUT2D eigenvalue weighted by atomic mass is 28.3. The van der Waals surface area contributed by atoms with E-state index in [-0.39, 0.29) is 12.8 Å². The van der Waals surface area contributed by atoms with Crippen molar-refractivity contribution in [3.8, 4) is 51.3 Å². The van der Waals surface area contributed by atoms with Gasteiger partial charge in [-0.3, -0.25) is 0 Å². The normalized spacial score (nSPS) is 17.0. The number of ether oxygens (including phenoxy) is 6. The number of fused-ring (bicyclic) bond motifs is 1. The third kappa shape index (κ3) is 5.36. The number of hydrogen-bond acceptors (Lipinski definition) is 8. The van der Waals surface area contributed by atoms with E-state index in [2.05, 4.69) is 45.0 Å². The van der Waals surface area contributed by atoms with Crippen LogP contribution in [0.1, 0.15) is 31.1 Å². The second-order valence-electron chi connectivity index (χ2n) is 10.3. The second-order valence-corrected chi connectivity index (χ2v) is 15.1. The second kappa shape index (κ2) is 10.6. The van der Waals surface area contributed by atoms with Gasteiger partial charge in [-0.1, -0.05) is 39.4 Å². The molecule has 2 aliphatic rings. The van der Waals surface area contributed by atoms with Crippen molar-refractivity contribution in [2.75, 3.05) is 34.7 Å². The van der Waals surface area contributed by atoms with Gasteiger partial charge in [-0.05, 0) is 29.7 Å². The number of aliphatic hydroxyl groups is 1. The molecule has 1 N–H and O–H groups in total. The summed E-state index contributed by atoms with van der Waals surface area (Å²) in [5.41, 5.74) is 5.76. The van der Waals surface area contributed by atoms with Gasteiger partial charge >= 0.3 is 0 Å². The van der Waals surface area contributed by atoms with E-state index in [1.165, 1.54) is 0 Å². The zero-order valence-corrected chi connectivity index (χ0v) is 23.7. The van der Waals surface area contributed by atoms with Gasteiger partial charge in [0.05, 0.1) is 32.9 Å². The van der Waals surface area contributed by atoms with Gasteiger partial charge in [0.2, 0.25) is 18.4 Å². The van der Waals surface area contributed by atoms with E-state index in [1.54, 1.807) is 27.4 Å². The van der Waals surface area contributed by atoms with Crippen molar-refractivity contribution in [2.24, 2.45) is 10.9 Å². The van der Waals surface area contributed by atoms with E-state index in [4.69, 9.17) is 33.4 Å².